The van der Waals surface area contributed by atoms with Crippen LogP contribution in [0.2, 0.25) is 0 Å². The molecule has 0 spiro atoms. The summed E-state index contributed by atoms with van der Waals surface area (Å²) in [5, 5.41) is 11.8. The van der Waals surface area contributed by atoms with E-state index in [4.69, 9.17) is 4.42 Å². The fourth-order valence-corrected chi connectivity index (χ4v) is 2.88. The number of nitrogens with zero attached hydrogens (tertiary/aromatic N) is 1. The maximum atomic E-state index is 13.0. The van der Waals surface area contributed by atoms with Crippen LogP contribution in [0, 0.1) is 17.1 Å². The number of nitriles is 1. The second-order valence-electron chi connectivity index (χ2n) is 5.94. The molecule has 0 N–H and O–H groups in total. The molecule has 26 heavy (non-hydrogen) atoms. The summed E-state index contributed by atoms with van der Waals surface area (Å²) in [6, 6.07) is 25.9. The van der Waals surface area contributed by atoms with Crippen molar-refractivity contribution >= 4 is 22.4 Å². The minimum atomic E-state index is -0.288. The van der Waals surface area contributed by atoms with Crippen LogP contribution >= 0.6 is 0 Å². The van der Waals surface area contributed by atoms with Crippen molar-refractivity contribution in [3.05, 3.63) is 96.0 Å². The molecule has 0 aliphatic carbocycles. The average Bonchev–Trinajstić information content (AvgIpc) is 3.15. The predicted molar refractivity (Wildman–Crippen MR) is 102 cm³/mol. The number of fused-ring (bicyclic) bond motifs is 1. The van der Waals surface area contributed by atoms with E-state index in [1.165, 1.54) is 12.1 Å². The van der Waals surface area contributed by atoms with Crippen LogP contribution in [0.25, 0.3) is 33.7 Å². The Labute approximate surface area is 150 Å². The molecule has 4 aromatic rings. The van der Waals surface area contributed by atoms with Gasteiger partial charge < -0.3 is 4.42 Å². The van der Waals surface area contributed by atoms with Crippen molar-refractivity contribution in [2.75, 3.05) is 0 Å². The van der Waals surface area contributed by atoms with Crippen molar-refractivity contribution in [1.29, 1.82) is 5.26 Å². The highest BCUT2D eigenvalue weighted by atomic mass is 19.1. The number of hydrogen-bond donors (Lipinski definition) is 0. The van der Waals surface area contributed by atoms with Gasteiger partial charge in [0.15, 0.2) is 0 Å². The molecule has 3 aromatic carbocycles. The SMILES string of the molecule is N#CC(=Cc1ccc(-c2ccc(F)cc2)o1)c1ccc2ccccc2c1. The van der Waals surface area contributed by atoms with Crippen LogP contribution in [0.3, 0.4) is 0 Å². The lowest BCUT2D eigenvalue weighted by Crippen LogP contribution is -1.82. The molecule has 0 bridgehead atoms. The van der Waals surface area contributed by atoms with Gasteiger partial charge in [-0.05, 0) is 64.9 Å². The van der Waals surface area contributed by atoms with E-state index in [2.05, 4.69) is 6.07 Å². The van der Waals surface area contributed by atoms with E-state index in [1.807, 2.05) is 48.5 Å². The molecular formula is C23H14FNO. The summed E-state index contributed by atoms with van der Waals surface area (Å²) in [5.74, 6) is 0.921. The zero-order valence-electron chi connectivity index (χ0n) is 13.8. The van der Waals surface area contributed by atoms with Crippen molar-refractivity contribution in [3.63, 3.8) is 0 Å². The fraction of sp³-hybridized carbons (Fsp3) is 0. The Hall–Kier alpha value is -3.64. The maximum absolute atomic E-state index is 13.0. The third-order valence-corrected chi connectivity index (χ3v) is 4.22. The first kappa shape index (κ1) is 15.9. The molecule has 124 valence electrons. The minimum absolute atomic E-state index is 0.288. The second kappa shape index (κ2) is 6.70. The van der Waals surface area contributed by atoms with Gasteiger partial charge in [0.1, 0.15) is 17.3 Å². The lowest BCUT2D eigenvalue weighted by molar-refractivity contribution is 0.571. The van der Waals surface area contributed by atoms with Gasteiger partial charge in [-0.15, -0.1) is 0 Å². The van der Waals surface area contributed by atoms with Crippen molar-refractivity contribution in [2.45, 2.75) is 0 Å². The van der Waals surface area contributed by atoms with Gasteiger partial charge in [0.05, 0.1) is 11.6 Å². The molecule has 0 radical (unpaired) electrons. The van der Waals surface area contributed by atoms with Crippen LogP contribution in [0.4, 0.5) is 4.39 Å². The molecule has 0 amide bonds. The number of halogens is 1. The highest BCUT2D eigenvalue weighted by molar-refractivity contribution is 5.93. The average molecular weight is 339 g/mol. The third-order valence-electron chi connectivity index (χ3n) is 4.22. The van der Waals surface area contributed by atoms with E-state index in [-0.39, 0.29) is 5.82 Å². The summed E-state index contributed by atoms with van der Waals surface area (Å²) in [4.78, 5) is 0. The number of furan rings is 1. The molecule has 0 saturated heterocycles. The van der Waals surface area contributed by atoms with Crippen LogP contribution in [0.1, 0.15) is 11.3 Å². The van der Waals surface area contributed by atoms with Crippen molar-refractivity contribution in [2.24, 2.45) is 0 Å². The van der Waals surface area contributed by atoms with Gasteiger partial charge >= 0.3 is 0 Å². The van der Waals surface area contributed by atoms with E-state index in [0.717, 1.165) is 21.9 Å². The standard InChI is InChI=1S/C23H14FNO/c24-21-9-7-17(8-10-21)23-12-11-22(26-23)14-20(15-25)19-6-5-16-3-1-2-4-18(16)13-19/h1-14H. The molecule has 0 saturated carbocycles. The van der Waals surface area contributed by atoms with E-state index < -0.39 is 0 Å². The lowest BCUT2D eigenvalue weighted by atomic mass is 10.0. The highest BCUT2D eigenvalue weighted by Crippen LogP contribution is 2.26. The summed E-state index contributed by atoms with van der Waals surface area (Å²) < 4.78 is 18.8. The van der Waals surface area contributed by atoms with Gasteiger partial charge in [0.25, 0.3) is 0 Å². The summed E-state index contributed by atoms with van der Waals surface area (Å²) in [6.45, 7) is 0. The number of allylic oxidation sites excluding steroid dienone is 1. The smallest absolute Gasteiger partial charge is 0.134 e. The monoisotopic (exact) mass is 339 g/mol. The van der Waals surface area contributed by atoms with Crippen LogP contribution < -0.4 is 0 Å². The van der Waals surface area contributed by atoms with Crippen molar-refractivity contribution in [1.82, 2.24) is 0 Å². The van der Waals surface area contributed by atoms with Gasteiger partial charge in [-0.2, -0.15) is 5.26 Å². The topological polar surface area (TPSA) is 36.9 Å². The molecule has 0 aliphatic rings. The number of hydrogen-bond acceptors (Lipinski definition) is 2. The van der Waals surface area contributed by atoms with Crippen LogP contribution in [0.5, 0.6) is 0 Å². The second-order valence-corrected chi connectivity index (χ2v) is 5.94. The maximum Gasteiger partial charge on any atom is 0.134 e. The quantitative estimate of drug-likeness (QED) is 0.410. The van der Waals surface area contributed by atoms with Gasteiger partial charge in [-0.25, -0.2) is 4.39 Å². The first-order valence-electron chi connectivity index (χ1n) is 8.20. The van der Waals surface area contributed by atoms with E-state index >= 15 is 0 Å². The lowest BCUT2D eigenvalue weighted by Gasteiger charge is -2.02. The Morgan fingerprint density at radius 3 is 2.42 bits per heavy atom. The Bertz CT molecular complexity index is 1150. The Kier molecular flexibility index (Phi) is 4.09. The van der Waals surface area contributed by atoms with E-state index in [9.17, 15) is 9.65 Å². The number of rotatable bonds is 3. The third kappa shape index (κ3) is 3.13. The van der Waals surface area contributed by atoms with E-state index in [0.29, 0.717) is 17.1 Å². The molecular weight excluding hydrogens is 325 g/mol. The first-order chi connectivity index (χ1) is 12.7. The predicted octanol–water partition coefficient (Wildman–Crippen LogP) is 6.30. The van der Waals surface area contributed by atoms with Crippen LogP contribution in [-0.2, 0) is 0 Å². The summed E-state index contributed by atoms with van der Waals surface area (Å²) in [7, 11) is 0. The van der Waals surface area contributed by atoms with Gasteiger partial charge in [-0.3, -0.25) is 0 Å². The Balaban J connectivity index is 1.69. The van der Waals surface area contributed by atoms with Gasteiger partial charge in [-0.1, -0.05) is 36.4 Å². The highest BCUT2D eigenvalue weighted by Gasteiger charge is 2.07. The zero-order chi connectivity index (χ0) is 17.9. The zero-order valence-corrected chi connectivity index (χ0v) is 13.8. The van der Waals surface area contributed by atoms with Crippen molar-refractivity contribution in [3.8, 4) is 17.4 Å². The summed E-state index contributed by atoms with van der Waals surface area (Å²) in [6.07, 6.45) is 1.72. The van der Waals surface area contributed by atoms with Gasteiger partial charge in [0, 0.05) is 5.56 Å². The molecule has 1 aromatic heterocycles. The molecule has 0 aliphatic heterocycles. The summed E-state index contributed by atoms with van der Waals surface area (Å²) >= 11 is 0. The van der Waals surface area contributed by atoms with Crippen LogP contribution in [0.15, 0.2) is 83.3 Å². The van der Waals surface area contributed by atoms with Gasteiger partial charge in [0.2, 0.25) is 0 Å². The summed E-state index contributed by atoms with van der Waals surface area (Å²) in [5.41, 5.74) is 2.15. The molecule has 0 fully saturated rings. The first-order valence-corrected chi connectivity index (χ1v) is 8.20. The molecule has 4 rings (SSSR count). The fourth-order valence-electron chi connectivity index (χ4n) is 2.88. The van der Waals surface area contributed by atoms with Crippen LogP contribution in [-0.4, -0.2) is 0 Å². The molecule has 1 heterocycles. The van der Waals surface area contributed by atoms with E-state index in [1.54, 1.807) is 24.3 Å². The molecule has 0 atom stereocenters. The molecule has 3 heteroatoms. The minimum Gasteiger partial charge on any atom is -0.457 e. The Morgan fingerprint density at radius 1 is 0.885 bits per heavy atom. The largest absolute Gasteiger partial charge is 0.457 e. The molecule has 2 nitrogen and oxygen atoms in total. The normalized spacial score (nSPS) is 11.5. The Morgan fingerprint density at radius 2 is 1.65 bits per heavy atom. The van der Waals surface area contributed by atoms with Crippen molar-refractivity contribution < 1.29 is 8.81 Å². The number of benzene rings is 3. The molecule has 0 unspecified atom stereocenters.